The van der Waals surface area contributed by atoms with Crippen LogP contribution < -0.4 is 5.73 Å². The summed E-state index contributed by atoms with van der Waals surface area (Å²) in [6.07, 6.45) is 2.49. The summed E-state index contributed by atoms with van der Waals surface area (Å²) >= 11 is 2.05. The molecule has 0 aliphatic heterocycles. The van der Waals surface area contributed by atoms with E-state index in [1.807, 2.05) is 11.8 Å². The molecule has 0 saturated carbocycles. The molecule has 0 rings (SSSR count). The van der Waals surface area contributed by atoms with Crippen LogP contribution in [0.2, 0.25) is 0 Å². The van der Waals surface area contributed by atoms with Crippen molar-refractivity contribution in [2.45, 2.75) is 38.9 Å². The molecule has 0 aliphatic rings. The van der Waals surface area contributed by atoms with Crippen molar-refractivity contribution in [3.05, 3.63) is 0 Å². The van der Waals surface area contributed by atoms with E-state index in [-0.39, 0.29) is 0 Å². The third kappa shape index (κ3) is 8.21. The highest BCUT2D eigenvalue weighted by atomic mass is 32.2. The Morgan fingerprint density at radius 3 is 2.36 bits per heavy atom. The molecule has 0 aromatic heterocycles. The van der Waals surface area contributed by atoms with Crippen molar-refractivity contribution >= 4 is 11.8 Å². The quantitative estimate of drug-likeness (QED) is 0.628. The minimum absolute atomic E-state index is 0.807. The molecule has 0 bridgehead atoms. The first-order valence-electron chi connectivity index (χ1n) is 4.48. The van der Waals surface area contributed by atoms with Crippen LogP contribution in [0.3, 0.4) is 0 Å². The average molecular weight is 175 g/mol. The standard InChI is InChI=1S/C9H21NS/c1-8(2)7-9(3)11-6-4-5-10/h8-9H,4-7,10H2,1-3H3. The molecule has 0 radical (unpaired) electrons. The Labute approximate surface area is 75.1 Å². The number of hydrogen-bond donors (Lipinski definition) is 1. The normalized spacial score (nSPS) is 13.9. The van der Waals surface area contributed by atoms with Crippen LogP contribution in [0.4, 0.5) is 0 Å². The second-order valence-corrected chi connectivity index (χ2v) is 5.00. The van der Waals surface area contributed by atoms with Crippen LogP contribution in [0.15, 0.2) is 0 Å². The van der Waals surface area contributed by atoms with Gasteiger partial charge in [-0.05, 0) is 31.1 Å². The lowest BCUT2D eigenvalue weighted by atomic mass is 10.1. The van der Waals surface area contributed by atoms with E-state index in [0.29, 0.717) is 0 Å². The lowest BCUT2D eigenvalue weighted by molar-refractivity contribution is 0.585. The van der Waals surface area contributed by atoms with E-state index in [9.17, 15) is 0 Å². The zero-order chi connectivity index (χ0) is 8.69. The molecular formula is C9H21NS. The monoisotopic (exact) mass is 175 g/mol. The summed E-state index contributed by atoms with van der Waals surface area (Å²) < 4.78 is 0. The van der Waals surface area contributed by atoms with Crippen LogP contribution >= 0.6 is 11.8 Å². The second kappa shape index (κ2) is 6.99. The van der Waals surface area contributed by atoms with Gasteiger partial charge in [0.1, 0.15) is 0 Å². The maximum atomic E-state index is 5.40. The van der Waals surface area contributed by atoms with Gasteiger partial charge in [0, 0.05) is 5.25 Å². The Kier molecular flexibility index (Phi) is 7.18. The van der Waals surface area contributed by atoms with E-state index in [0.717, 1.165) is 24.1 Å². The zero-order valence-corrected chi connectivity index (χ0v) is 8.79. The molecule has 0 heterocycles. The first-order valence-corrected chi connectivity index (χ1v) is 5.53. The lowest BCUT2D eigenvalue weighted by Crippen LogP contribution is -2.05. The van der Waals surface area contributed by atoms with Crippen LogP contribution in [0.25, 0.3) is 0 Å². The Morgan fingerprint density at radius 1 is 1.27 bits per heavy atom. The molecule has 1 atom stereocenters. The number of nitrogens with two attached hydrogens (primary N) is 1. The molecular weight excluding hydrogens is 154 g/mol. The summed E-state index contributed by atoms with van der Waals surface area (Å²) in [5, 5.41) is 0.807. The van der Waals surface area contributed by atoms with Gasteiger partial charge in [-0.1, -0.05) is 20.8 Å². The Hall–Kier alpha value is 0.310. The van der Waals surface area contributed by atoms with Crippen molar-refractivity contribution in [1.82, 2.24) is 0 Å². The van der Waals surface area contributed by atoms with E-state index >= 15 is 0 Å². The fourth-order valence-corrected chi connectivity index (χ4v) is 2.36. The molecule has 0 aromatic carbocycles. The molecule has 0 fully saturated rings. The van der Waals surface area contributed by atoms with Gasteiger partial charge >= 0.3 is 0 Å². The molecule has 68 valence electrons. The van der Waals surface area contributed by atoms with Crippen molar-refractivity contribution in [3.63, 3.8) is 0 Å². The largest absolute Gasteiger partial charge is 0.330 e. The average Bonchev–Trinajstić information content (AvgIpc) is 1.86. The number of hydrogen-bond acceptors (Lipinski definition) is 2. The highest BCUT2D eigenvalue weighted by Gasteiger charge is 2.03. The summed E-state index contributed by atoms with van der Waals surface area (Å²) in [6.45, 7) is 7.70. The van der Waals surface area contributed by atoms with Gasteiger partial charge < -0.3 is 5.73 Å². The molecule has 1 nitrogen and oxygen atoms in total. The van der Waals surface area contributed by atoms with Crippen molar-refractivity contribution in [3.8, 4) is 0 Å². The molecule has 2 heteroatoms. The van der Waals surface area contributed by atoms with E-state index in [2.05, 4.69) is 20.8 Å². The van der Waals surface area contributed by atoms with E-state index < -0.39 is 0 Å². The Bertz CT molecular complexity index is 83.6. The first-order chi connectivity index (χ1) is 5.16. The number of rotatable bonds is 6. The van der Waals surface area contributed by atoms with Crippen LogP contribution in [0.5, 0.6) is 0 Å². The second-order valence-electron chi connectivity index (χ2n) is 3.45. The van der Waals surface area contributed by atoms with Crippen LogP contribution in [0, 0.1) is 5.92 Å². The molecule has 1 unspecified atom stereocenters. The molecule has 0 amide bonds. The fourth-order valence-electron chi connectivity index (χ4n) is 1.10. The number of thioether (sulfide) groups is 1. The first kappa shape index (κ1) is 11.3. The summed E-state index contributed by atoms with van der Waals surface area (Å²) in [5.41, 5.74) is 5.40. The van der Waals surface area contributed by atoms with Gasteiger partial charge in [-0.2, -0.15) is 11.8 Å². The Morgan fingerprint density at radius 2 is 1.91 bits per heavy atom. The van der Waals surface area contributed by atoms with E-state index in [4.69, 9.17) is 5.73 Å². The van der Waals surface area contributed by atoms with Crippen molar-refractivity contribution < 1.29 is 0 Å². The van der Waals surface area contributed by atoms with Gasteiger partial charge in [0.2, 0.25) is 0 Å². The molecule has 2 N–H and O–H groups in total. The topological polar surface area (TPSA) is 26.0 Å². The van der Waals surface area contributed by atoms with Crippen molar-refractivity contribution in [1.29, 1.82) is 0 Å². The van der Waals surface area contributed by atoms with Gasteiger partial charge in [-0.25, -0.2) is 0 Å². The Balaban J connectivity index is 3.15. The van der Waals surface area contributed by atoms with Crippen LogP contribution in [-0.2, 0) is 0 Å². The molecule has 11 heavy (non-hydrogen) atoms. The zero-order valence-electron chi connectivity index (χ0n) is 7.97. The fraction of sp³-hybridized carbons (Fsp3) is 1.00. The van der Waals surface area contributed by atoms with Gasteiger partial charge in [0.15, 0.2) is 0 Å². The third-order valence-corrected chi connectivity index (χ3v) is 2.84. The van der Waals surface area contributed by atoms with Gasteiger partial charge in [-0.15, -0.1) is 0 Å². The van der Waals surface area contributed by atoms with Crippen molar-refractivity contribution in [2.75, 3.05) is 12.3 Å². The third-order valence-electron chi connectivity index (χ3n) is 1.55. The van der Waals surface area contributed by atoms with Crippen LogP contribution in [0.1, 0.15) is 33.6 Å². The van der Waals surface area contributed by atoms with Crippen molar-refractivity contribution in [2.24, 2.45) is 11.7 Å². The van der Waals surface area contributed by atoms with Crippen LogP contribution in [-0.4, -0.2) is 17.5 Å². The summed E-state index contributed by atoms with van der Waals surface area (Å²) in [7, 11) is 0. The summed E-state index contributed by atoms with van der Waals surface area (Å²) in [4.78, 5) is 0. The van der Waals surface area contributed by atoms with Gasteiger partial charge in [-0.3, -0.25) is 0 Å². The maximum Gasteiger partial charge on any atom is 0.00211 e. The minimum atomic E-state index is 0.807. The van der Waals surface area contributed by atoms with Gasteiger partial charge in [0.05, 0.1) is 0 Å². The summed E-state index contributed by atoms with van der Waals surface area (Å²) in [6, 6.07) is 0. The molecule has 0 spiro atoms. The predicted octanol–water partition coefficient (Wildman–Crippen LogP) is 2.50. The van der Waals surface area contributed by atoms with E-state index in [1.165, 1.54) is 12.2 Å². The highest BCUT2D eigenvalue weighted by Crippen LogP contribution is 2.18. The molecule has 0 aliphatic carbocycles. The highest BCUT2D eigenvalue weighted by molar-refractivity contribution is 7.99. The smallest absolute Gasteiger partial charge is 0.00211 e. The SMILES string of the molecule is CC(C)CC(C)SCCCN. The molecule has 0 aromatic rings. The minimum Gasteiger partial charge on any atom is -0.330 e. The predicted molar refractivity (Wildman–Crippen MR) is 55.0 cm³/mol. The lowest BCUT2D eigenvalue weighted by Gasteiger charge is -2.12. The summed E-state index contributed by atoms with van der Waals surface area (Å²) in [5.74, 6) is 2.06. The molecule has 0 saturated heterocycles. The maximum absolute atomic E-state index is 5.40. The van der Waals surface area contributed by atoms with Gasteiger partial charge in [0.25, 0.3) is 0 Å². The van der Waals surface area contributed by atoms with E-state index in [1.54, 1.807) is 0 Å².